The van der Waals surface area contributed by atoms with Crippen LogP contribution in [0, 0.1) is 12.8 Å². The van der Waals surface area contributed by atoms with Gasteiger partial charge in [-0.3, -0.25) is 4.79 Å². The van der Waals surface area contributed by atoms with E-state index in [0.29, 0.717) is 31.1 Å². The normalized spacial score (nSPS) is 16.9. The summed E-state index contributed by atoms with van der Waals surface area (Å²) in [4.78, 5) is 12.6. The van der Waals surface area contributed by atoms with E-state index in [-0.39, 0.29) is 16.7 Å². The number of rotatable bonds is 4. The van der Waals surface area contributed by atoms with Crippen molar-refractivity contribution in [1.29, 1.82) is 0 Å². The molecular formula is C15H18N4O3S2. The number of anilines is 1. The molecule has 1 aliphatic rings. The number of aryl methyl sites for hydroxylation is 1. The van der Waals surface area contributed by atoms with Crippen LogP contribution in [0.2, 0.25) is 0 Å². The summed E-state index contributed by atoms with van der Waals surface area (Å²) >= 11 is 1.32. The molecule has 1 aromatic carbocycles. The number of nitrogens with zero attached hydrogens (tertiary/aromatic N) is 3. The van der Waals surface area contributed by atoms with E-state index >= 15 is 0 Å². The van der Waals surface area contributed by atoms with Gasteiger partial charge in [-0.2, -0.15) is 4.31 Å². The molecule has 1 N–H and O–H groups in total. The Labute approximate surface area is 144 Å². The minimum Gasteiger partial charge on any atom is -0.300 e. The van der Waals surface area contributed by atoms with Crippen LogP contribution in [-0.2, 0) is 14.8 Å². The zero-order valence-electron chi connectivity index (χ0n) is 13.2. The Kier molecular flexibility index (Phi) is 4.93. The molecule has 3 rings (SSSR count). The van der Waals surface area contributed by atoms with Gasteiger partial charge in [-0.25, -0.2) is 8.42 Å². The van der Waals surface area contributed by atoms with Crippen molar-refractivity contribution < 1.29 is 13.2 Å². The quantitative estimate of drug-likeness (QED) is 0.892. The average molecular weight is 366 g/mol. The standard InChI is InChI=1S/C15H18N4O3S2/c1-11-17-18-15(23-11)16-14(20)12-7-9-19(10-8-12)24(21,22)13-5-3-2-4-6-13/h2-6,12H,7-10H2,1H3,(H,16,18,20). The molecule has 0 aliphatic carbocycles. The first kappa shape index (κ1) is 17.0. The topological polar surface area (TPSA) is 92.3 Å². The zero-order valence-corrected chi connectivity index (χ0v) is 14.8. The number of benzene rings is 1. The van der Waals surface area contributed by atoms with Crippen LogP contribution in [-0.4, -0.2) is 41.9 Å². The third kappa shape index (κ3) is 3.63. The lowest BCUT2D eigenvalue weighted by Gasteiger charge is -2.30. The largest absolute Gasteiger partial charge is 0.300 e. The Morgan fingerprint density at radius 3 is 2.46 bits per heavy atom. The average Bonchev–Trinajstić information content (AvgIpc) is 3.00. The van der Waals surface area contributed by atoms with E-state index in [1.54, 1.807) is 30.3 Å². The van der Waals surface area contributed by atoms with Crippen molar-refractivity contribution in [1.82, 2.24) is 14.5 Å². The smallest absolute Gasteiger partial charge is 0.243 e. The number of piperidine rings is 1. The van der Waals surface area contributed by atoms with Gasteiger partial charge in [-0.1, -0.05) is 29.5 Å². The van der Waals surface area contributed by atoms with Gasteiger partial charge in [0.1, 0.15) is 5.01 Å². The van der Waals surface area contributed by atoms with E-state index < -0.39 is 10.0 Å². The second-order valence-corrected chi connectivity index (χ2v) is 8.73. The van der Waals surface area contributed by atoms with Gasteiger partial charge in [0, 0.05) is 19.0 Å². The molecule has 1 fully saturated rings. The van der Waals surface area contributed by atoms with Crippen molar-refractivity contribution in [2.24, 2.45) is 5.92 Å². The fraction of sp³-hybridized carbons (Fsp3) is 0.400. The van der Waals surface area contributed by atoms with Crippen molar-refractivity contribution in [3.8, 4) is 0 Å². The summed E-state index contributed by atoms with van der Waals surface area (Å²) in [6.45, 7) is 2.50. The number of carbonyl (C=O) groups excluding carboxylic acids is 1. The van der Waals surface area contributed by atoms with Crippen molar-refractivity contribution in [2.45, 2.75) is 24.7 Å². The predicted octanol–water partition coefficient (Wildman–Crippen LogP) is 1.89. The summed E-state index contributed by atoms with van der Waals surface area (Å²) in [7, 11) is -3.49. The number of nitrogens with one attached hydrogen (secondary N) is 1. The Morgan fingerprint density at radius 1 is 1.21 bits per heavy atom. The molecule has 0 radical (unpaired) electrons. The lowest BCUT2D eigenvalue weighted by molar-refractivity contribution is -0.120. The van der Waals surface area contributed by atoms with Gasteiger partial charge < -0.3 is 5.32 Å². The lowest BCUT2D eigenvalue weighted by atomic mass is 9.97. The Hall–Kier alpha value is -1.84. The van der Waals surface area contributed by atoms with Crippen molar-refractivity contribution in [3.63, 3.8) is 0 Å². The van der Waals surface area contributed by atoms with E-state index in [2.05, 4.69) is 15.5 Å². The second-order valence-electron chi connectivity index (χ2n) is 5.61. The Morgan fingerprint density at radius 2 is 1.88 bits per heavy atom. The summed E-state index contributed by atoms with van der Waals surface area (Å²) in [5.41, 5.74) is 0. The minimum atomic E-state index is -3.49. The highest BCUT2D eigenvalue weighted by molar-refractivity contribution is 7.89. The van der Waals surface area contributed by atoms with E-state index in [1.165, 1.54) is 15.6 Å². The van der Waals surface area contributed by atoms with Gasteiger partial charge in [0.05, 0.1) is 4.90 Å². The van der Waals surface area contributed by atoms with E-state index in [1.807, 2.05) is 6.92 Å². The fourth-order valence-corrected chi connectivity index (χ4v) is 4.74. The van der Waals surface area contributed by atoms with Gasteiger partial charge >= 0.3 is 0 Å². The SMILES string of the molecule is Cc1nnc(NC(=O)C2CCN(S(=O)(=O)c3ccccc3)CC2)s1. The second kappa shape index (κ2) is 6.96. The zero-order chi connectivity index (χ0) is 17.2. The molecule has 0 saturated carbocycles. The molecule has 0 spiro atoms. The van der Waals surface area contributed by atoms with E-state index in [0.717, 1.165) is 5.01 Å². The third-order valence-corrected chi connectivity index (χ3v) is 6.63. The molecule has 1 aromatic heterocycles. The summed E-state index contributed by atoms with van der Waals surface area (Å²) in [5.74, 6) is -0.334. The molecule has 1 amide bonds. The van der Waals surface area contributed by atoms with Crippen LogP contribution in [0.1, 0.15) is 17.8 Å². The number of aromatic nitrogens is 2. The van der Waals surface area contributed by atoms with Crippen LogP contribution in [0.15, 0.2) is 35.2 Å². The van der Waals surface area contributed by atoms with Crippen molar-refractivity contribution >= 4 is 32.4 Å². The molecule has 128 valence electrons. The molecule has 2 aromatic rings. The monoisotopic (exact) mass is 366 g/mol. The highest BCUT2D eigenvalue weighted by Gasteiger charge is 2.32. The Bertz CT molecular complexity index is 812. The molecule has 7 nitrogen and oxygen atoms in total. The molecule has 0 unspecified atom stereocenters. The number of carbonyl (C=O) groups is 1. The van der Waals surface area contributed by atoms with Crippen LogP contribution < -0.4 is 5.32 Å². The van der Waals surface area contributed by atoms with Crippen LogP contribution in [0.3, 0.4) is 0 Å². The number of hydrogen-bond acceptors (Lipinski definition) is 6. The summed E-state index contributed by atoms with van der Waals surface area (Å²) in [6.07, 6.45) is 0.991. The summed E-state index contributed by atoms with van der Waals surface area (Å²) in [5, 5.41) is 11.8. The molecule has 2 heterocycles. The van der Waals surface area contributed by atoms with Gasteiger partial charge in [0.2, 0.25) is 21.1 Å². The first-order valence-electron chi connectivity index (χ1n) is 7.63. The van der Waals surface area contributed by atoms with E-state index in [4.69, 9.17) is 0 Å². The molecule has 24 heavy (non-hydrogen) atoms. The van der Waals surface area contributed by atoms with E-state index in [9.17, 15) is 13.2 Å². The predicted molar refractivity (Wildman–Crippen MR) is 91.2 cm³/mol. The maximum atomic E-state index is 12.6. The Balaban J connectivity index is 1.60. The lowest BCUT2D eigenvalue weighted by Crippen LogP contribution is -2.41. The first-order valence-corrected chi connectivity index (χ1v) is 9.88. The van der Waals surface area contributed by atoms with Gasteiger partial charge in [-0.05, 0) is 31.9 Å². The number of amides is 1. The first-order chi connectivity index (χ1) is 11.5. The summed E-state index contributed by atoms with van der Waals surface area (Å²) < 4.78 is 26.6. The highest BCUT2D eigenvalue weighted by Crippen LogP contribution is 2.25. The molecular weight excluding hydrogens is 348 g/mol. The molecule has 9 heteroatoms. The molecule has 0 atom stereocenters. The number of hydrogen-bond donors (Lipinski definition) is 1. The molecule has 1 aliphatic heterocycles. The van der Waals surface area contributed by atoms with Gasteiger partial charge in [-0.15, -0.1) is 10.2 Å². The van der Waals surface area contributed by atoms with Gasteiger partial charge in [0.25, 0.3) is 0 Å². The van der Waals surface area contributed by atoms with Crippen LogP contribution in [0.25, 0.3) is 0 Å². The maximum absolute atomic E-state index is 12.6. The number of sulfonamides is 1. The molecule has 1 saturated heterocycles. The third-order valence-electron chi connectivity index (χ3n) is 3.96. The fourth-order valence-electron chi connectivity index (χ4n) is 2.65. The highest BCUT2D eigenvalue weighted by atomic mass is 32.2. The molecule has 0 bridgehead atoms. The van der Waals surface area contributed by atoms with Crippen LogP contribution >= 0.6 is 11.3 Å². The minimum absolute atomic E-state index is 0.122. The van der Waals surface area contributed by atoms with Crippen molar-refractivity contribution in [2.75, 3.05) is 18.4 Å². The van der Waals surface area contributed by atoms with Crippen LogP contribution in [0.5, 0.6) is 0 Å². The maximum Gasteiger partial charge on any atom is 0.243 e. The summed E-state index contributed by atoms with van der Waals surface area (Å²) in [6, 6.07) is 8.37. The van der Waals surface area contributed by atoms with Crippen LogP contribution in [0.4, 0.5) is 5.13 Å². The van der Waals surface area contributed by atoms with Crippen molar-refractivity contribution in [3.05, 3.63) is 35.3 Å². The van der Waals surface area contributed by atoms with Gasteiger partial charge in [0.15, 0.2) is 0 Å².